The maximum absolute atomic E-state index is 12.6. The summed E-state index contributed by atoms with van der Waals surface area (Å²) in [4.78, 5) is 49.1. The van der Waals surface area contributed by atoms with Crippen LogP contribution in [0.4, 0.5) is 69.0 Å². The molecule has 5 aromatic carbocycles. The first kappa shape index (κ1) is 54.3. The molecule has 2 aromatic heterocycles. The number of rotatable bonds is 14. The number of nitrogens with zero attached hydrogens (tertiary/aromatic N) is 6. The standard InChI is InChI=1S/C22H23ClN5O2P.C19H19ClN5O3P.C7H8N2O2/c1-5-20(29)25-15-11-10-14(2)18(12-15)27-22-24-13-16(23)21(28-22)26-17-8-6-7-9-19(17)31(3,4)30;1-12-8-9-13(25(26)27)10-16(12)23-19-21-11-14(20)18(24-19)22-15-6-4-5-7-17(15)29(2,3)28;1-5-2-3-6(9(10)11)4-7(5)8/h5-13H,1H2,2-4H3,(H,25,29)(H2,24,26,27,28);4-11H,1-3H3,(H2,21,22,23,24);2-4H,8H2,1H3. The van der Waals surface area contributed by atoms with Gasteiger partial charge in [-0.1, -0.05) is 72.2 Å². The molecule has 2 heterocycles. The zero-order valence-electron chi connectivity index (χ0n) is 39.5. The normalized spacial score (nSPS) is 10.8. The zero-order chi connectivity index (χ0) is 52.2. The Morgan fingerprint density at radius 2 is 1.04 bits per heavy atom. The summed E-state index contributed by atoms with van der Waals surface area (Å²) in [6.45, 7) is 15.8. The Balaban J connectivity index is 0.000000218. The number of hydrogen-bond donors (Lipinski definition) is 6. The number of nitro benzene ring substituents is 2. The number of hydrogen-bond acceptors (Lipinski definition) is 16. The number of nitrogen functional groups attached to an aromatic ring is 1. The van der Waals surface area contributed by atoms with Gasteiger partial charge in [-0.05, 0) is 107 Å². The van der Waals surface area contributed by atoms with Crippen molar-refractivity contribution in [1.29, 1.82) is 0 Å². The summed E-state index contributed by atoms with van der Waals surface area (Å²) in [5.41, 5.74) is 11.7. The van der Waals surface area contributed by atoms with Crippen LogP contribution >= 0.6 is 37.5 Å². The fraction of sp³-hybridized carbons (Fsp3) is 0.146. The number of amides is 1. The minimum absolute atomic E-state index is 0.0353. The van der Waals surface area contributed by atoms with E-state index in [2.05, 4.69) is 53.1 Å². The minimum Gasteiger partial charge on any atom is -0.398 e. The smallest absolute Gasteiger partial charge is 0.271 e. The van der Waals surface area contributed by atoms with Gasteiger partial charge in [-0.3, -0.25) is 25.0 Å². The van der Waals surface area contributed by atoms with E-state index in [1.807, 2.05) is 56.3 Å². The van der Waals surface area contributed by atoms with Gasteiger partial charge in [0.05, 0.1) is 39.3 Å². The van der Waals surface area contributed by atoms with Gasteiger partial charge >= 0.3 is 0 Å². The van der Waals surface area contributed by atoms with Crippen molar-refractivity contribution < 1.29 is 23.8 Å². The van der Waals surface area contributed by atoms with Crippen LogP contribution in [0.2, 0.25) is 10.0 Å². The molecule has 0 bridgehead atoms. The summed E-state index contributed by atoms with van der Waals surface area (Å²) in [6.07, 6.45) is 4.11. The lowest BCUT2D eigenvalue weighted by atomic mass is 10.2. The Bertz CT molecular complexity index is 3240. The Hall–Kier alpha value is -7.69. The lowest BCUT2D eigenvalue weighted by molar-refractivity contribution is -0.385. The molecule has 0 unspecified atom stereocenters. The fourth-order valence-corrected chi connectivity index (χ4v) is 8.84. The van der Waals surface area contributed by atoms with Crippen molar-refractivity contribution >= 4 is 123 Å². The van der Waals surface area contributed by atoms with Crippen LogP contribution < -0.4 is 42.9 Å². The van der Waals surface area contributed by atoms with E-state index in [-0.39, 0.29) is 28.3 Å². The monoisotopic (exact) mass is 1040 g/mol. The first-order valence-electron chi connectivity index (χ1n) is 21.2. The number of nitrogens with two attached hydrogens (primary N) is 1. The molecule has 7 rings (SSSR count). The van der Waals surface area contributed by atoms with E-state index in [1.54, 1.807) is 70.0 Å². The van der Waals surface area contributed by atoms with Gasteiger partial charge < -0.3 is 41.4 Å². The Labute approximate surface area is 419 Å². The number of nitro groups is 2. The molecule has 0 saturated heterocycles. The van der Waals surface area contributed by atoms with Crippen molar-refractivity contribution in [3.63, 3.8) is 0 Å². The van der Waals surface area contributed by atoms with Crippen LogP contribution in [-0.2, 0) is 13.9 Å². The molecule has 7 N–H and O–H groups in total. The maximum atomic E-state index is 12.6. The molecule has 0 spiro atoms. The molecule has 23 heteroatoms. The summed E-state index contributed by atoms with van der Waals surface area (Å²) >= 11 is 12.5. The predicted molar refractivity (Wildman–Crippen MR) is 288 cm³/mol. The van der Waals surface area contributed by atoms with Crippen LogP contribution in [0.3, 0.4) is 0 Å². The van der Waals surface area contributed by atoms with Crippen LogP contribution in [0.25, 0.3) is 0 Å². The topological polar surface area (TPSA) is 275 Å². The molecule has 7 aromatic rings. The summed E-state index contributed by atoms with van der Waals surface area (Å²) in [5, 5.41) is 38.4. The number of carbonyl (C=O) groups excluding carboxylic acids is 1. The molecule has 1 amide bonds. The van der Waals surface area contributed by atoms with E-state index < -0.39 is 24.1 Å². The lowest BCUT2D eigenvalue weighted by Crippen LogP contribution is -2.11. The number of carbonyl (C=O) groups is 1. The number of halogens is 2. The van der Waals surface area contributed by atoms with Crippen molar-refractivity contribution in [2.45, 2.75) is 20.8 Å². The van der Waals surface area contributed by atoms with E-state index in [9.17, 15) is 34.2 Å². The molecule has 19 nitrogen and oxygen atoms in total. The van der Waals surface area contributed by atoms with Gasteiger partial charge in [0.15, 0.2) is 11.6 Å². The van der Waals surface area contributed by atoms with Gasteiger partial charge in [-0.15, -0.1) is 0 Å². The van der Waals surface area contributed by atoms with Crippen molar-refractivity contribution in [3.8, 4) is 0 Å². The molecule has 0 radical (unpaired) electrons. The Morgan fingerprint density at radius 3 is 1.48 bits per heavy atom. The fourth-order valence-electron chi connectivity index (χ4n) is 6.25. The quantitative estimate of drug-likeness (QED) is 0.0194. The third-order valence-electron chi connectivity index (χ3n) is 10.1. The van der Waals surface area contributed by atoms with Crippen molar-refractivity contribution in [2.75, 3.05) is 59.0 Å². The van der Waals surface area contributed by atoms with Crippen LogP contribution in [0.5, 0.6) is 0 Å². The SMILES string of the molecule is C=CC(=O)Nc1ccc(C)c(Nc2ncc(Cl)c(Nc3ccccc3P(C)(C)=O)n2)c1.Cc1ccc([N+](=O)[O-])cc1N.Cc1ccc([N+](=O)[O-])cc1Nc1ncc(Cl)c(Nc2ccccc2P(C)(C)=O)n1. The van der Waals surface area contributed by atoms with Gasteiger partial charge in [0.25, 0.3) is 11.4 Å². The van der Waals surface area contributed by atoms with Crippen molar-refractivity contribution in [3.05, 3.63) is 175 Å². The van der Waals surface area contributed by atoms with Gasteiger partial charge in [0.2, 0.25) is 17.8 Å². The van der Waals surface area contributed by atoms with Gasteiger partial charge in [-0.2, -0.15) is 9.97 Å². The first-order chi connectivity index (χ1) is 33.4. The molecule has 0 aliphatic heterocycles. The second-order valence-corrected chi connectivity index (χ2v) is 23.5. The predicted octanol–water partition coefficient (Wildman–Crippen LogP) is 11.9. The second-order valence-electron chi connectivity index (χ2n) is 16.3. The average Bonchev–Trinajstić information content (AvgIpc) is 3.31. The third-order valence-corrected chi connectivity index (χ3v) is 13.7. The van der Waals surface area contributed by atoms with E-state index in [1.165, 1.54) is 42.7 Å². The molecular formula is C48H50Cl2N12O7P2. The highest BCUT2D eigenvalue weighted by Gasteiger charge is 2.19. The molecule has 368 valence electrons. The number of anilines is 10. The summed E-state index contributed by atoms with van der Waals surface area (Å²) < 4.78 is 25.2. The number of nitrogens with one attached hydrogen (secondary N) is 5. The summed E-state index contributed by atoms with van der Waals surface area (Å²) in [5.74, 6) is 0.943. The largest absolute Gasteiger partial charge is 0.398 e. The molecule has 0 aliphatic carbocycles. The van der Waals surface area contributed by atoms with E-state index in [0.717, 1.165) is 22.4 Å². The van der Waals surface area contributed by atoms with Crippen molar-refractivity contribution in [1.82, 2.24) is 19.9 Å². The zero-order valence-corrected chi connectivity index (χ0v) is 42.8. The summed E-state index contributed by atoms with van der Waals surface area (Å²) in [6, 6.07) is 28.9. The van der Waals surface area contributed by atoms with Crippen LogP contribution in [0.1, 0.15) is 16.7 Å². The Kier molecular flexibility index (Phi) is 18.1. The van der Waals surface area contributed by atoms with Gasteiger partial charge in [0, 0.05) is 51.9 Å². The average molecular weight is 1040 g/mol. The highest BCUT2D eigenvalue weighted by molar-refractivity contribution is 7.70. The molecule has 0 aliphatic rings. The molecule has 0 atom stereocenters. The van der Waals surface area contributed by atoms with Crippen molar-refractivity contribution in [2.24, 2.45) is 0 Å². The Morgan fingerprint density at radius 1 is 0.620 bits per heavy atom. The minimum atomic E-state index is -2.52. The van der Waals surface area contributed by atoms with Crippen LogP contribution in [0, 0.1) is 41.0 Å². The number of non-ortho nitro benzene ring substituents is 2. The second kappa shape index (κ2) is 23.7. The summed E-state index contributed by atoms with van der Waals surface area (Å²) in [7, 11) is -5.03. The van der Waals surface area contributed by atoms with E-state index >= 15 is 0 Å². The van der Waals surface area contributed by atoms with Gasteiger partial charge in [-0.25, -0.2) is 9.97 Å². The van der Waals surface area contributed by atoms with Crippen LogP contribution in [-0.4, -0.2) is 62.3 Å². The molecule has 0 fully saturated rings. The highest BCUT2D eigenvalue weighted by Crippen LogP contribution is 2.40. The van der Waals surface area contributed by atoms with Crippen LogP contribution in [0.15, 0.2) is 128 Å². The molecule has 0 saturated carbocycles. The first-order valence-corrected chi connectivity index (χ1v) is 27.1. The third kappa shape index (κ3) is 15.4. The molecule has 71 heavy (non-hydrogen) atoms. The number of aryl methyl sites for hydroxylation is 3. The highest BCUT2D eigenvalue weighted by atomic mass is 35.5. The van der Waals surface area contributed by atoms with Gasteiger partial charge in [0.1, 0.15) is 24.3 Å². The number of benzene rings is 5. The number of para-hydroxylation sites is 2. The lowest BCUT2D eigenvalue weighted by Gasteiger charge is -2.16. The molecular weight excluding hydrogens is 989 g/mol. The maximum Gasteiger partial charge on any atom is 0.271 e. The van der Waals surface area contributed by atoms with E-state index in [4.69, 9.17) is 28.9 Å². The number of aromatic nitrogens is 4. The van der Waals surface area contributed by atoms with E-state index in [0.29, 0.717) is 61.7 Å².